The van der Waals surface area contributed by atoms with Gasteiger partial charge in [-0.2, -0.15) is 0 Å². The van der Waals surface area contributed by atoms with Crippen molar-refractivity contribution in [2.24, 2.45) is 0 Å². The van der Waals surface area contributed by atoms with Gasteiger partial charge < -0.3 is 10.1 Å². The Morgan fingerprint density at radius 3 is 2.46 bits per heavy atom. The second-order valence-corrected chi connectivity index (χ2v) is 5.88. The molecule has 0 saturated carbocycles. The molecule has 3 rings (SSSR count). The van der Waals surface area contributed by atoms with Gasteiger partial charge in [-0.25, -0.2) is 13.8 Å². The molecule has 0 aliphatic rings. The third kappa shape index (κ3) is 3.97. The van der Waals surface area contributed by atoms with Crippen LogP contribution in [0.2, 0.25) is 5.02 Å². The zero-order chi connectivity index (χ0) is 18.7. The van der Waals surface area contributed by atoms with Crippen molar-refractivity contribution in [3.8, 4) is 11.5 Å². The second-order valence-electron chi connectivity index (χ2n) is 5.44. The van der Waals surface area contributed by atoms with Crippen LogP contribution in [0, 0.1) is 18.6 Å². The number of carbonyl (C=O) groups excluding carboxylic acids is 1. The van der Waals surface area contributed by atoms with Gasteiger partial charge in [0.2, 0.25) is 0 Å². The molecule has 1 aromatic heterocycles. The molecule has 0 spiro atoms. The van der Waals surface area contributed by atoms with Gasteiger partial charge in [-0.05, 0) is 55.0 Å². The van der Waals surface area contributed by atoms with Crippen LogP contribution in [0.3, 0.4) is 0 Å². The number of pyridine rings is 1. The molecule has 0 radical (unpaired) electrons. The maximum atomic E-state index is 13.6. The molecule has 1 heterocycles. The molecule has 1 N–H and O–H groups in total. The van der Waals surface area contributed by atoms with Gasteiger partial charge in [0.1, 0.15) is 34.5 Å². The number of hydrogen-bond donors (Lipinski definition) is 1. The number of nitrogens with zero attached hydrogens (tertiary/aromatic N) is 1. The van der Waals surface area contributed by atoms with Crippen LogP contribution in [0.4, 0.5) is 14.6 Å². The molecule has 1 amide bonds. The number of carbonyl (C=O) groups is 1. The van der Waals surface area contributed by atoms with Crippen molar-refractivity contribution in [3.05, 3.63) is 82.5 Å². The minimum absolute atomic E-state index is 0.137. The zero-order valence-electron chi connectivity index (χ0n) is 13.6. The summed E-state index contributed by atoms with van der Waals surface area (Å²) in [6.07, 6.45) is 1.39. The number of ether oxygens (including phenoxy) is 1. The van der Waals surface area contributed by atoms with E-state index in [9.17, 15) is 13.6 Å². The van der Waals surface area contributed by atoms with E-state index >= 15 is 0 Å². The zero-order valence-corrected chi connectivity index (χ0v) is 14.3. The summed E-state index contributed by atoms with van der Waals surface area (Å²) in [6, 6.07) is 11.5. The largest absolute Gasteiger partial charge is 0.455 e. The van der Waals surface area contributed by atoms with Crippen molar-refractivity contribution in [2.75, 3.05) is 5.32 Å². The quantitative estimate of drug-likeness (QED) is 0.668. The fourth-order valence-electron chi connectivity index (χ4n) is 2.26. The predicted molar refractivity (Wildman–Crippen MR) is 94.8 cm³/mol. The summed E-state index contributed by atoms with van der Waals surface area (Å²) in [5.74, 6) is -1.62. The van der Waals surface area contributed by atoms with Crippen molar-refractivity contribution < 1.29 is 18.3 Å². The molecule has 0 atom stereocenters. The molecule has 132 valence electrons. The van der Waals surface area contributed by atoms with E-state index in [2.05, 4.69) is 10.3 Å². The molecular formula is C19H13ClF2N2O2. The van der Waals surface area contributed by atoms with Crippen molar-refractivity contribution in [1.29, 1.82) is 0 Å². The summed E-state index contributed by atoms with van der Waals surface area (Å²) in [4.78, 5) is 16.1. The number of aryl methyl sites for hydroxylation is 1. The van der Waals surface area contributed by atoms with E-state index in [-0.39, 0.29) is 5.82 Å². The first-order valence-corrected chi connectivity index (χ1v) is 7.97. The highest BCUT2D eigenvalue weighted by atomic mass is 35.5. The van der Waals surface area contributed by atoms with E-state index in [1.54, 1.807) is 24.3 Å². The Morgan fingerprint density at radius 1 is 1.12 bits per heavy atom. The fourth-order valence-corrected chi connectivity index (χ4v) is 2.49. The Kier molecular flexibility index (Phi) is 5.14. The van der Waals surface area contributed by atoms with Crippen LogP contribution in [0.5, 0.6) is 11.5 Å². The summed E-state index contributed by atoms with van der Waals surface area (Å²) in [5, 5.41) is 2.95. The highest BCUT2D eigenvalue weighted by Crippen LogP contribution is 2.27. The number of hydrogen-bond acceptors (Lipinski definition) is 3. The van der Waals surface area contributed by atoms with E-state index in [0.717, 1.165) is 17.7 Å². The molecule has 0 fully saturated rings. The van der Waals surface area contributed by atoms with Crippen LogP contribution in [-0.2, 0) is 0 Å². The lowest BCUT2D eigenvalue weighted by atomic mass is 10.2. The van der Waals surface area contributed by atoms with Crippen molar-refractivity contribution in [3.63, 3.8) is 0 Å². The number of aromatic nitrogens is 1. The summed E-state index contributed by atoms with van der Waals surface area (Å²) < 4.78 is 32.9. The standard InChI is InChI=1S/C19H13ClF2N2O2/c1-11-9-12(20)5-7-16(11)26-13-6-8-17(23-10-13)24-19(25)18-14(21)3-2-4-15(18)22/h2-10H,1H3,(H,23,24,25). The Hall–Kier alpha value is -2.99. The second kappa shape index (κ2) is 7.49. The maximum absolute atomic E-state index is 13.6. The highest BCUT2D eigenvalue weighted by molar-refractivity contribution is 6.30. The topological polar surface area (TPSA) is 51.2 Å². The number of anilines is 1. The maximum Gasteiger partial charge on any atom is 0.262 e. The van der Waals surface area contributed by atoms with E-state index in [4.69, 9.17) is 16.3 Å². The first kappa shape index (κ1) is 17.8. The lowest BCUT2D eigenvalue weighted by Gasteiger charge is -2.10. The third-order valence-corrected chi connectivity index (χ3v) is 3.77. The number of halogens is 3. The molecular weight excluding hydrogens is 362 g/mol. The molecule has 26 heavy (non-hydrogen) atoms. The SMILES string of the molecule is Cc1cc(Cl)ccc1Oc1ccc(NC(=O)c2c(F)cccc2F)nc1. The van der Waals surface area contributed by atoms with Gasteiger partial charge in [0.05, 0.1) is 6.20 Å². The molecule has 2 aromatic carbocycles. The van der Waals surface area contributed by atoms with Gasteiger partial charge in [-0.15, -0.1) is 0 Å². The van der Waals surface area contributed by atoms with Gasteiger partial charge in [0.15, 0.2) is 0 Å². The Bertz CT molecular complexity index is 942. The number of nitrogens with one attached hydrogen (secondary N) is 1. The van der Waals surface area contributed by atoms with E-state index < -0.39 is 23.1 Å². The summed E-state index contributed by atoms with van der Waals surface area (Å²) in [5.41, 5.74) is 0.191. The fraction of sp³-hybridized carbons (Fsp3) is 0.0526. The summed E-state index contributed by atoms with van der Waals surface area (Å²) >= 11 is 5.90. The van der Waals surface area contributed by atoms with Crippen LogP contribution in [0.1, 0.15) is 15.9 Å². The number of amides is 1. The van der Waals surface area contributed by atoms with Crippen molar-refractivity contribution in [1.82, 2.24) is 4.98 Å². The third-order valence-electron chi connectivity index (χ3n) is 3.53. The lowest BCUT2D eigenvalue weighted by Crippen LogP contribution is -2.16. The van der Waals surface area contributed by atoms with Crippen LogP contribution in [-0.4, -0.2) is 10.9 Å². The average Bonchev–Trinajstić information content (AvgIpc) is 2.59. The first-order chi connectivity index (χ1) is 12.4. The highest BCUT2D eigenvalue weighted by Gasteiger charge is 2.17. The van der Waals surface area contributed by atoms with Crippen LogP contribution in [0.15, 0.2) is 54.7 Å². The van der Waals surface area contributed by atoms with E-state index in [1.165, 1.54) is 18.3 Å². The molecule has 3 aromatic rings. The van der Waals surface area contributed by atoms with Crippen molar-refractivity contribution in [2.45, 2.75) is 6.92 Å². The molecule has 0 aliphatic heterocycles. The van der Waals surface area contributed by atoms with Gasteiger partial charge >= 0.3 is 0 Å². The van der Waals surface area contributed by atoms with Crippen LogP contribution in [0.25, 0.3) is 0 Å². The first-order valence-electron chi connectivity index (χ1n) is 7.59. The van der Waals surface area contributed by atoms with E-state index in [0.29, 0.717) is 16.5 Å². The monoisotopic (exact) mass is 374 g/mol. The predicted octanol–water partition coefficient (Wildman–Crippen LogP) is 5.37. The van der Waals surface area contributed by atoms with Gasteiger partial charge in [0.25, 0.3) is 5.91 Å². The minimum Gasteiger partial charge on any atom is -0.455 e. The van der Waals surface area contributed by atoms with Gasteiger partial charge in [0, 0.05) is 5.02 Å². The van der Waals surface area contributed by atoms with Crippen LogP contribution >= 0.6 is 11.6 Å². The average molecular weight is 375 g/mol. The van der Waals surface area contributed by atoms with Gasteiger partial charge in [-0.3, -0.25) is 4.79 Å². The minimum atomic E-state index is -0.944. The molecule has 0 saturated heterocycles. The van der Waals surface area contributed by atoms with Gasteiger partial charge in [-0.1, -0.05) is 17.7 Å². The summed E-state index contributed by atoms with van der Waals surface area (Å²) in [6.45, 7) is 1.85. The Balaban J connectivity index is 1.72. The summed E-state index contributed by atoms with van der Waals surface area (Å²) in [7, 11) is 0. The molecule has 0 aliphatic carbocycles. The number of rotatable bonds is 4. The Labute approximate surface area is 153 Å². The van der Waals surface area contributed by atoms with Crippen molar-refractivity contribution >= 4 is 23.3 Å². The molecule has 0 unspecified atom stereocenters. The Morgan fingerprint density at radius 2 is 1.85 bits per heavy atom. The van der Waals surface area contributed by atoms with Crippen LogP contribution < -0.4 is 10.1 Å². The number of benzene rings is 2. The molecule has 0 bridgehead atoms. The smallest absolute Gasteiger partial charge is 0.262 e. The molecule has 4 nitrogen and oxygen atoms in total. The normalized spacial score (nSPS) is 10.5. The molecule has 7 heteroatoms. The lowest BCUT2D eigenvalue weighted by molar-refractivity contribution is 0.101. The van der Waals surface area contributed by atoms with E-state index in [1.807, 2.05) is 6.92 Å².